The molecule has 0 aliphatic carbocycles. The first-order chi connectivity index (χ1) is 14.1. The van der Waals surface area contributed by atoms with Gasteiger partial charge in [0.25, 0.3) is 0 Å². The van der Waals surface area contributed by atoms with Gasteiger partial charge in [0, 0.05) is 38.6 Å². The first-order valence-corrected chi connectivity index (χ1v) is 9.13. The lowest BCUT2D eigenvalue weighted by atomic mass is 9.99. The molecular formula is C18H20N8O3. The Bertz CT molecular complexity index is 1020. The van der Waals surface area contributed by atoms with E-state index in [-0.39, 0.29) is 24.0 Å². The van der Waals surface area contributed by atoms with E-state index in [2.05, 4.69) is 25.5 Å². The van der Waals surface area contributed by atoms with Crippen molar-refractivity contribution in [1.82, 2.24) is 29.5 Å². The van der Waals surface area contributed by atoms with Crippen LogP contribution < -0.4 is 10.2 Å². The molecule has 11 heteroatoms. The molecule has 1 amide bonds. The molecule has 0 saturated carbocycles. The van der Waals surface area contributed by atoms with E-state index < -0.39 is 5.97 Å². The molecule has 0 spiro atoms. The molecule has 0 unspecified atom stereocenters. The van der Waals surface area contributed by atoms with E-state index in [1.54, 1.807) is 31.0 Å². The van der Waals surface area contributed by atoms with Crippen molar-refractivity contribution < 1.29 is 14.3 Å². The Morgan fingerprint density at radius 3 is 2.76 bits per heavy atom. The van der Waals surface area contributed by atoms with Gasteiger partial charge >= 0.3 is 5.97 Å². The minimum Gasteiger partial charge on any atom is -0.462 e. The average Bonchev–Trinajstić information content (AvgIpc) is 3.32. The summed E-state index contributed by atoms with van der Waals surface area (Å²) in [6.45, 7) is 2.99. The summed E-state index contributed by atoms with van der Waals surface area (Å²) < 4.78 is 8.10. The normalized spacial score (nSPS) is 13.8. The van der Waals surface area contributed by atoms with Crippen LogP contribution in [0.4, 0.5) is 11.6 Å². The number of carbonyl (C=O) groups excluding carboxylic acids is 2. The van der Waals surface area contributed by atoms with Crippen LogP contribution in [0.3, 0.4) is 0 Å². The second-order valence-electron chi connectivity index (χ2n) is 6.53. The standard InChI is InChI=1S/C18H20N8O3/c1-3-29-18(28)13-8-22-24(2)16(13)23-17(27)12-9-25(10-12)14-7-15(20-11-19-14)26-6-4-5-21-26/h4-8,11-12H,3,9-10H2,1-2H3,(H,23,27). The highest BCUT2D eigenvalue weighted by molar-refractivity contribution is 6.01. The summed E-state index contributed by atoms with van der Waals surface area (Å²) in [6.07, 6.45) is 6.33. The third-order valence-corrected chi connectivity index (χ3v) is 4.63. The van der Waals surface area contributed by atoms with Gasteiger partial charge in [-0.15, -0.1) is 0 Å². The predicted octanol–water partition coefficient (Wildman–Crippen LogP) is 0.647. The summed E-state index contributed by atoms with van der Waals surface area (Å²) in [5, 5.41) is 11.0. The van der Waals surface area contributed by atoms with Gasteiger partial charge in [-0.2, -0.15) is 10.2 Å². The lowest BCUT2D eigenvalue weighted by Crippen LogP contribution is -2.52. The molecule has 1 N–H and O–H groups in total. The van der Waals surface area contributed by atoms with Crippen molar-refractivity contribution in [3.63, 3.8) is 0 Å². The van der Waals surface area contributed by atoms with E-state index in [0.717, 1.165) is 5.82 Å². The second-order valence-corrected chi connectivity index (χ2v) is 6.53. The zero-order chi connectivity index (χ0) is 20.4. The van der Waals surface area contributed by atoms with E-state index in [1.807, 2.05) is 17.0 Å². The van der Waals surface area contributed by atoms with Gasteiger partial charge in [0.1, 0.15) is 23.5 Å². The summed E-state index contributed by atoms with van der Waals surface area (Å²) in [4.78, 5) is 35.1. The van der Waals surface area contributed by atoms with Crippen LogP contribution in [-0.2, 0) is 16.6 Å². The van der Waals surface area contributed by atoms with Crippen molar-refractivity contribution in [1.29, 1.82) is 0 Å². The zero-order valence-electron chi connectivity index (χ0n) is 16.0. The van der Waals surface area contributed by atoms with E-state index >= 15 is 0 Å². The maximum absolute atomic E-state index is 12.6. The molecule has 1 fully saturated rings. The maximum atomic E-state index is 12.6. The van der Waals surface area contributed by atoms with Gasteiger partial charge in [-0.05, 0) is 13.0 Å². The second kappa shape index (κ2) is 7.70. The minimum absolute atomic E-state index is 0.184. The van der Waals surface area contributed by atoms with Crippen LogP contribution in [-0.4, -0.2) is 61.1 Å². The molecule has 29 heavy (non-hydrogen) atoms. The highest BCUT2D eigenvalue weighted by Gasteiger charge is 2.35. The van der Waals surface area contributed by atoms with Gasteiger partial charge in [0.05, 0.1) is 18.7 Å². The van der Waals surface area contributed by atoms with Crippen LogP contribution in [0, 0.1) is 5.92 Å². The third-order valence-electron chi connectivity index (χ3n) is 4.63. The van der Waals surface area contributed by atoms with Gasteiger partial charge in [0.2, 0.25) is 5.91 Å². The Balaban J connectivity index is 1.40. The van der Waals surface area contributed by atoms with Crippen LogP contribution in [0.2, 0.25) is 0 Å². The number of hydrogen-bond donors (Lipinski definition) is 1. The lowest BCUT2D eigenvalue weighted by molar-refractivity contribution is -0.120. The number of hydrogen-bond acceptors (Lipinski definition) is 8. The van der Waals surface area contributed by atoms with E-state index in [0.29, 0.717) is 24.7 Å². The highest BCUT2D eigenvalue weighted by atomic mass is 16.5. The fourth-order valence-corrected chi connectivity index (χ4v) is 3.03. The van der Waals surface area contributed by atoms with E-state index in [1.165, 1.54) is 17.2 Å². The van der Waals surface area contributed by atoms with Crippen molar-refractivity contribution in [2.45, 2.75) is 6.92 Å². The van der Waals surface area contributed by atoms with Gasteiger partial charge in [-0.3, -0.25) is 9.48 Å². The molecular weight excluding hydrogens is 376 g/mol. The van der Waals surface area contributed by atoms with Crippen molar-refractivity contribution in [2.75, 3.05) is 29.9 Å². The molecule has 4 rings (SSSR count). The number of esters is 1. The fourth-order valence-electron chi connectivity index (χ4n) is 3.03. The topological polar surface area (TPSA) is 120 Å². The predicted molar refractivity (Wildman–Crippen MR) is 103 cm³/mol. The lowest BCUT2D eigenvalue weighted by Gasteiger charge is -2.39. The Kier molecular flexibility index (Phi) is 4.94. The Morgan fingerprint density at radius 2 is 2.03 bits per heavy atom. The van der Waals surface area contributed by atoms with Crippen LogP contribution in [0.5, 0.6) is 0 Å². The molecule has 150 valence electrons. The number of nitrogens with zero attached hydrogens (tertiary/aromatic N) is 7. The summed E-state index contributed by atoms with van der Waals surface area (Å²) >= 11 is 0. The SMILES string of the molecule is CCOC(=O)c1cnn(C)c1NC(=O)C1CN(c2cc(-n3cccn3)ncn2)C1. The number of amides is 1. The molecule has 1 aliphatic rings. The fraction of sp³-hybridized carbons (Fsp3) is 0.333. The van der Waals surface area contributed by atoms with Gasteiger partial charge in [-0.1, -0.05) is 0 Å². The molecule has 1 saturated heterocycles. The Hall–Kier alpha value is -3.76. The molecule has 3 aromatic rings. The number of aromatic nitrogens is 6. The van der Waals surface area contributed by atoms with Crippen LogP contribution in [0.15, 0.2) is 37.1 Å². The first kappa shape index (κ1) is 18.6. The number of ether oxygens (including phenoxy) is 1. The summed E-state index contributed by atoms with van der Waals surface area (Å²) in [6, 6.07) is 3.63. The molecule has 0 radical (unpaired) electrons. The highest BCUT2D eigenvalue weighted by Crippen LogP contribution is 2.25. The average molecular weight is 396 g/mol. The van der Waals surface area contributed by atoms with Crippen molar-refractivity contribution >= 4 is 23.5 Å². The van der Waals surface area contributed by atoms with Crippen molar-refractivity contribution in [3.05, 3.63) is 42.6 Å². The van der Waals surface area contributed by atoms with Gasteiger partial charge in [-0.25, -0.2) is 19.4 Å². The van der Waals surface area contributed by atoms with Crippen LogP contribution in [0.25, 0.3) is 5.82 Å². The smallest absolute Gasteiger partial charge is 0.343 e. The van der Waals surface area contributed by atoms with E-state index in [4.69, 9.17) is 4.74 Å². The molecule has 0 atom stereocenters. The van der Waals surface area contributed by atoms with Crippen molar-refractivity contribution in [2.24, 2.45) is 13.0 Å². The molecule has 3 aromatic heterocycles. The van der Waals surface area contributed by atoms with Crippen LogP contribution >= 0.6 is 0 Å². The summed E-state index contributed by atoms with van der Waals surface area (Å²) in [5.41, 5.74) is 0.235. The van der Waals surface area contributed by atoms with Crippen molar-refractivity contribution in [3.8, 4) is 5.82 Å². The molecule has 0 aromatic carbocycles. The molecule has 1 aliphatic heterocycles. The van der Waals surface area contributed by atoms with Gasteiger partial charge in [0.15, 0.2) is 5.82 Å². The van der Waals surface area contributed by atoms with E-state index in [9.17, 15) is 9.59 Å². The number of carbonyl (C=O) groups is 2. The van der Waals surface area contributed by atoms with Gasteiger partial charge < -0.3 is 15.0 Å². The number of rotatable bonds is 6. The Morgan fingerprint density at radius 1 is 1.24 bits per heavy atom. The molecule has 11 nitrogen and oxygen atoms in total. The zero-order valence-corrected chi connectivity index (χ0v) is 16.0. The molecule has 4 heterocycles. The summed E-state index contributed by atoms with van der Waals surface area (Å²) in [7, 11) is 1.66. The van der Waals surface area contributed by atoms with Crippen LogP contribution in [0.1, 0.15) is 17.3 Å². The third kappa shape index (κ3) is 3.66. The number of aryl methyl sites for hydroxylation is 1. The summed E-state index contributed by atoms with van der Waals surface area (Å²) in [5.74, 6) is 0.775. The largest absolute Gasteiger partial charge is 0.462 e. The number of anilines is 2. The quantitative estimate of drug-likeness (QED) is 0.603. The number of nitrogens with one attached hydrogen (secondary N) is 1. The maximum Gasteiger partial charge on any atom is 0.343 e. The Labute approximate surface area is 166 Å². The first-order valence-electron chi connectivity index (χ1n) is 9.13. The minimum atomic E-state index is -0.515. The monoisotopic (exact) mass is 396 g/mol. The molecule has 0 bridgehead atoms.